The van der Waals surface area contributed by atoms with E-state index in [0.717, 1.165) is 71.7 Å². The van der Waals surface area contributed by atoms with Gasteiger partial charge >= 0.3 is 0 Å². The van der Waals surface area contributed by atoms with Gasteiger partial charge in [-0.1, -0.05) is 164 Å². The Morgan fingerprint density at radius 2 is 0.849 bits per heavy atom. The first-order valence-corrected chi connectivity index (χ1v) is 17.8. The van der Waals surface area contributed by atoms with E-state index < -0.39 is 0 Å². The van der Waals surface area contributed by atoms with Gasteiger partial charge in [-0.15, -0.1) is 0 Å². The monoisotopic (exact) mass is 677 g/mol. The molecule has 2 heterocycles. The Kier molecular flexibility index (Phi) is 7.43. The molecule has 0 aliphatic carbocycles. The highest BCUT2D eigenvalue weighted by atomic mass is 16.3. The van der Waals surface area contributed by atoms with Crippen molar-refractivity contribution in [2.75, 3.05) is 0 Å². The normalized spacial score (nSPS) is 11.4. The van der Waals surface area contributed by atoms with E-state index in [0.29, 0.717) is 17.5 Å². The Balaban J connectivity index is 1.10. The predicted molar refractivity (Wildman–Crippen MR) is 217 cm³/mol. The molecule has 0 fully saturated rings. The van der Waals surface area contributed by atoms with Crippen molar-refractivity contribution in [1.29, 1.82) is 0 Å². The van der Waals surface area contributed by atoms with Crippen LogP contribution in [-0.4, -0.2) is 15.0 Å². The smallest absolute Gasteiger partial charge is 0.164 e. The van der Waals surface area contributed by atoms with E-state index in [-0.39, 0.29) is 0 Å². The number of nitrogens with zero attached hydrogens (tertiary/aromatic N) is 3. The van der Waals surface area contributed by atoms with Crippen molar-refractivity contribution in [1.82, 2.24) is 15.0 Å². The molecule has 0 N–H and O–H groups in total. The highest BCUT2D eigenvalue weighted by molar-refractivity contribution is 6.13. The SMILES string of the molecule is c1ccc(-c2ccc(-c3cccc4oc5cc(-c6nc(-c7ccccc7)nc(-c7cccc8ccc(-c9ccccc9)cc78)n6)ccc5c34)cc2)cc1. The maximum atomic E-state index is 6.54. The molecule has 4 nitrogen and oxygen atoms in total. The largest absolute Gasteiger partial charge is 0.456 e. The van der Waals surface area contributed by atoms with Crippen molar-refractivity contribution in [3.8, 4) is 67.5 Å². The van der Waals surface area contributed by atoms with Crippen LogP contribution in [0.15, 0.2) is 192 Å². The molecule has 0 unspecified atom stereocenters. The fourth-order valence-electron chi connectivity index (χ4n) is 7.30. The summed E-state index contributed by atoms with van der Waals surface area (Å²) < 4.78 is 6.54. The van der Waals surface area contributed by atoms with E-state index in [1.54, 1.807) is 0 Å². The topological polar surface area (TPSA) is 51.8 Å². The third-order valence-electron chi connectivity index (χ3n) is 9.96. The molecular formula is C49H31N3O. The van der Waals surface area contributed by atoms with Gasteiger partial charge in [0.25, 0.3) is 0 Å². The molecule has 0 amide bonds. The Morgan fingerprint density at radius 1 is 0.302 bits per heavy atom. The average Bonchev–Trinajstić information content (AvgIpc) is 3.62. The first kappa shape index (κ1) is 30.6. The van der Waals surface area contributed by atoms with Gasteiger partial charge in [0.15, 0.2) is 17.5 Å². The van der Waals surface area contributed by atoms with Crippen LogP contribution in [0.4, 0.5) is 0 Å². The van der Waals surface area contributed by atoms with Crippen molar-refractivity contribution in [2.24, 2.45) is 0 Å². The van der Waals surface area contributed by atoms with Crippen LogP contribution in [-0.2, 0) is 0 Å². The number of benzene rings is 8. The first-order valence-electron chi connectivity index (χ1n) is 17.8. The summed E-state index contributed by atoms with van der Waals surface area (Å²) in [4.78, 5) is 15.3. The van der Waals surface area contributed by atoms with Gasteiger partial charge in [0.2, 0.25) is 0 Å². The van der Waals surface area contributed by atoms with Crippen LogP contribution in [0.5, 0.6) is 0 Å². The molecule has 10 rings (SSSR count). The van der Waals surface area contributed by atoms with Gasteiger partial charge in [-0.05, 0) is 68.4 Å². The molecule has 0 spiro atoms. The molecular weight excluding hydrogens is 647 g/mol. The second-order valence-electron chi connectivity index (χ2n) is 13.2. The molecule has 0 saturated heterocycles. The van der Waals surface area contributed by atoms with E-state index in [4.69, 9.17) is 19.4 Å². The summed E-state index contributed by atoms with van der Waals surface area (Å²) in [7, 11) is 0. The lowest BCUT2D eigenvalue weighted by atomic mass is 9.96. The summed E-state index contributed by atoms with van der Waals surface area (Å²) in [6, 6.07) is 65.2. The van der Waals surface area contributed by atoms with Crippen LogP contribution in [0, 0.1) is 0 Å². The Labute approximate surface area is 306 Å². The van der Waals surface area contributed by atoms with Gasteiger partial charge < -0.3 is 4.42 Å². The molecule has 0 radical (unpaired) electrons. The van der Waals surface area contributed by atoms with E-state index in [9.17, 15) is 0 Å². The van der Waals surface area contributed by atoms with Crippen LogP contribution in [0.2, 0.25) is 0 Å². The number of hydrogen-bond acceptors (Lipinski definition) is 4. The minimum Gasteiger partial charge on any atom is -0.456 e. The van der Waals surface area contributed by atoms with E-state index in [1.807, 2.05) is 48.5 Å². The second-order valence-corrected chi connectivity index (χ2v) is 13.2. The number of aromatic nitrogens is 3. The van der Waals surface area contributed by atoms with Crippen molar-refractivity contribution in [3.05, 3.63) is 188 Å². The molecule has 2 aromatic heterocycles. The predicted octanol–water partition coefficient (Wildman–Crippen LogP) is 12.9. The van der Waals surface area contributed by atoms with Gasteiger partial charge in [-0.3, -0.25) is 0 Å². The molecule has 10 aromatic rings. The Hall–Kier alpha value is -7.17. The molecule has 0 aliphatic heterocycles. The zero-order valence-corrected chi connectivity index (χ0v) is 28.6. The maximum absolute atomic E-state index is 6.54. The van der Waals surface area contributed by atoms with Crippen LogP contribution in [0.25, 0.3) is 100 Å². The molecule has 8 aromatic carbocycles. The van der Waals surface area contributed by atoms with Gasteiger partial charge in [0.1, 0.15) is 11.2 Å². The molecule has 53 heavy (non-hydrogen) atoms. The summed E-state index contributed by atoms with van der Waals surface area (Å²) in [6.45, 7) is 0. The average molecular weight is 678 g/mol. The number of furan rings is 1. The number of fused-ring (bicyclic) bond motifs is 4. The van der Waals surface area contributed by atoms with E-state index in [1.165, 1.54) is 11.1 Å². The lowest BCUT2D eigenvalue weighted by Gasteiger charge is -2.11. The minimum atomic E-state index is 0.587. The van der Waals surface area contributed by atoms with E-state index >= 15 is 0 Å². The summed E-state index contributed by atoms with van der Waals surface area (Å²) in [6.07, 6.45) is 0. The van der Waals surface area contributed by atoms with Gasteiger partial charge in [-0.2, -0.15) is 0 Å². The highest BCUT2D eigenvalue weighted by Crippen LogP contribution is 2.39. The molecule has 0 saturated carbocycles. The molecule has 0 bridgehead atoms. The van der Waals surface area contributed by atoms with Crippen LogP contribution in [0.3, 0.4) is 0 Å². The summed E-state index contributed by atoms with van der Waals surface area (Å²) in [5, 5.41) is 4.35. The summed E-state index contributed by atoms with van der Waals surface area (Å²) in [5.74, 6) is 1.83. The van der Waals surface area contributed by atoms with Gasteiger partial charge in [0.05, 0.1) is 0 Å². The van der Waals surface area contributed by atoms with Gasteiger partial charge in [-0.25, -0.2) is 15.0 Å². The second kappa shape index (κ2) is 12.9. The van der Waals surface area contributed by atoms with Crippen molar-refractivity contribution in [3.63, 3.8) is 0 Å². The third kappa shape index (κ3) is 5.63. The fourth-order valence-corrected chi connectivity index (χ4v) is 7.30. The Morgan fingerprint density at radius 3 is 1.58 bits per heavy atom. The van der Waals surface area contributed by atoms with Crippen molar-refractivity contribution >= 4 is 32.7 Å². The quantitative estimate of drug-likeness (QED) is 0.176. The maximum Gasteiger partial charge on any atom is 0.164 e. The van der Waals surface area contributed by atoms with Gasteiger partial charge in [0, 0.05) is 27.5 Å². The fraction of sp³-hybridized carbons (Fsp3) is 0. The van der Waals surface area contributed by atoms with Crippen LogP contribution >= 0.6 is 0 Å². The summed E-state index contributed by atoms with van der Waals surface area (Å²) >= 11 is 0. The Bertz CT molecular complexity index is 2920. The molecule has 0 atom stereocenters. The first-order chi connectivity index (χ1) is 26.2. The van der Waals surface area contributed by atoms with Crippen LogP contribution in [0.1, 0.15) is 0 Å². The molecule has 4 heteroatoms. The highest BCUT2D eigenvalue weighted by Gasteiger charge is 2.18. The minimum absolute atomic E-state index is 0.587. The lowest BCUT2D eigenvalue weighted by Crippen LogP contribution is -2.00. The zero-order chi connectivity index (χ0) is 35.1. The molecule has 248 valence electrons. The van der Waals surface area contributed by atoms with E-state index in [2.05, 4.69) is 140 Å². The standard InChI is InChI=1S/C49H31N3O/c1-4-12-32(13-5-1)34-22-24-36(25-23-34)40-19-11-21-44-46(40)42-29-28-39(31-45(42)53-44)48-50-47(37-16-8-3-9-17-37)51-49(52-48)41-20-10-18-35-26-27-38(30-43(35)41)33-14-6-2-7-15-33/h1-31H. The van der Waals surface area contributed by atoms with Crippen molar-refractivity contribution in [2.45, 2.75) is 0 Å². The lowest BCUT2D eigenvalue weighted by molar-refractivity contribution is 0.669. The number of rotatable bonds is 6. The van der Waals surface area contributed by atoms with Crippen molar-refractivity contribution < 1.29 is 4.42 Å². The molecule has 0 aliphatic rings. The zero-order valence-electron chi connectivity index (χ0n) is 28.6. The van der Waals surface area contributed by atoms with Crippen LogP contribution < -0.4 is 0 Å². The third-order valence-corrected chi connectivity index (χ3v) is 9.96. The number of hydrogen-bond donors (Lipinski definition) is 0. The summed E-state index contributed by atoms with van der Waals surface area (Å²) in [5.41, 5.74) is 11.3.